The maximum absolute atomic E-state index is 9.81. The van der Waals surface area contributed by atoms with Gasteiger partial charge in [-0.2, -0.15) is 4.98 Å². The molecular formula is C25H23BN4O3. The SMILES string of the molecule is COc1cccc2c(NCc3ccccc3)nc(-n3c(C)cc4c(B(O)O)cccc43)nc12. The Morgan fingerprint density at radius 2 is 1.73 bits per heavy atom. The van der Waals surface area contributed by atoms with Crippen LogP contribution in [0.3, 0.4) is 0 Å². The number of anilines is 1. The average Bonchev–Trinajstić information content (AvgIpc) is 3.18. The first-order valence-corrected chi connectivity index (χ1v) is 10.7. The van der Waals surface area contributed by atoms with Gasteiger partial charge in [0.05, 0.1) is 12.6 Å². The molecule has 0 bridgehead atoms. The zero-order valence-electron chi connectivity index (χ0n) is 18.4. The molecule has 0 fully saturated rings. The van der Waals surface area contributed by atoms with Crippen molar-refractivity contribution in [3.63, 3.8) is 0 Å². The van der Waals surface area contributed by atoms with Gasteiger partial charge in [0.1, 0.15) is 17.1 Å². The lowest BCUT2D eigenvalue weighted by Gasteiger charge is -2.15. The van der Waals surface area contributed by atoms with Crippen LogP contribution in [0, 0.1) is 6.92 Å². The predicted molar refractivity (Wildman–Crippen MR) is 131 cm³/mol. The van der Waals surface area contributed by atoms with Gasteiger partial charge in [-0.1, -0.05) is 48.5 Å². The van der Waals surface area contributed by atoms with Crippen LogP contribution in [-0.2, 0) is 6.54 Å². The van der Waals surface area contributed by atoms with Crippen LogP contribution in [0.15, 0.2) is 72.8 Å². The highest BCUT2D eigenvalue weighted by molar-refractivity contribution is 6.61. The molecule has 8 heteroatoms. The Kier molecular flexibility index (Phi) is 5.46. The fourth-order valence-corrected chi connectivity index (χ4v) is 4.17. The molecule has 0 aliphatic carbocycles. The van der Waals surface area contributed by atoms with E-state index in [9.17, 15) is 10.0 Å². The molecule has 0 atom stereocenters. The van der Waals surface area contributed by atoms with Crippen molar-refractivity contribution in [3.8, 4) is 11.7 Å². The van der Waals surface area contributed by atoms with Crippen LogP contribution in [-0.4, -0.2) is 38.8 Å². The molecule has 0 radical (unpaired) electrons. The highest BCUT2D eigenvalue weighted by Gasteiger charge is 2.20. The smallest absolute Gasteiger partial charge is 0.489 e. The number of nitrogens with one attached hydrogen (secondary N) is 1. The molecule has 0 amide bonds. The zero-order valence-corrected chi connectivity index (χ0v) is 18.4. The van der Waals surface area contributed by atoms with Crippen molar-refractivity contribution in [2.75, 3.05) is 12.4 Å². The second-order valence-corrected chi connectivity index (χ2v) is 7.84. The van der Waals surface area contributed by atoms with Gasteiger partial charge >= 0.3 is 7.12 Å². The summed E-state index contributed by atoms with van der Waals surface area (Å²) in [5, 5.41) is 24.7. The number of rotatable bonds is 6. The molecule has 3 N–H and O–H groups in total. The Morgan fingerprint density at radius 3 is 2.48 bits per heavy atom. The number of fused-ring (bicyclic) bond motifs is 2. The molecule has 7 nitrogen and oxygen atoms in total. The first-order valence-electron chi connectivity index (χ1n) is 10.7. The number of nitrogens with zero attached hydrogens (tertiary/aromatic N) is 3. The minimum absolute atomic E-state index is 0.440. The first kappa shape index (κ1) is 21.0. The second-order valence-electron chi connectivity index (χ2n) is 7.84. The molecule has 2 aromatic heterocycles. The van der Waals surface area contributed by atoms with Crippen molar-refractivity contribution in [1.82, 2.24) is 14.5 Å². The average molecular weight is 438 g/mol. The number of hydrogen-bond donors (Lipinski definition) is 3. The van der Waals surface area contributed by atoms with Crippen molar-refractivity contribution in [1.29, 1.82) is 0 Å². The van der Waals surface area contributed by atoms with Crippen LogP contribution >= 0.6 is 0 Å². The van der Waals surface area contributed by atoms with E-state index in [1.165, 1.54) is 0 Å². The number of hydrogen-bond acceptors (Lipinski definition) is 6. The van der Waals surface area contributed by atoms with Crippen LogP contribution in [0.4, 0.5) is 5.82 Å². The summed E-state index contributed by atoms with van der Waals surface area (Å²) in [5.74, 6) is 1.82. The second kappa shape index (κ2) is 8.57. The minimum Gasteiger partial charge on any atom is -0.494 e. The highest BCUT2D eigenvalue weighted by atomic mass is 16.5. The molecule has 3 aromatic carbocycles. The van der Waals surface area contributed by atoms with Gasteiger partial charge in [-0.25, -0.2) is 4.98 Å². The molecule has 0 aliphatic rings. The summed E-state index contributed by atoms with van der Waals surface area (Å²) >= 11 is 0. The van der Waals surface area contributed by atoms with E-state index in [0.29, 0.717) is 35.0 Å². The topological polar surface area (TPSA) is 92.4 Å². The molecular weight excluding hydrogens is 415 g/mol. The van der Waals surface area contributed by atoms with Crippen molar-refractivity contribution in [3.05, 3.63) is 84.1 Å². The number of ether oxygens (including phenoxy) is 1. The van der Waals surface area contributed by atoms with Gasteiger partial charge < -0.3 is 20.1 Å². The molecule has 0 unspecified atom stereocenters. The lowest BCUT2D eigenvalue weighted by molar-refractivity contribution is 0.419. The van der Waals surface area contributed by atoms with Gasteiger partial charge in [-0.3, -0.25) is 4.57 Å². The van der Waals surface area contributed by atoms with Crippen LogP contribution in [0.25, 0.3) is 27.8 Å². The van der Waals surface area contributed by atoms with E-state index in [4.69, 9.17) is 14.7 Å². The van der Waals surface area contributed by atoms with Gasteiger partial charge in [0.15, 0.2) is 0 Å². The monoisotopic (exact) mass is 438 g/mol. The fraction of sp³-hybridized carbons (Fsp3) is 0.120. The summed E-state index contributed by atoms with van der Waals surface area (Å²) in [4.78, 5) is 9.73. The quantitative estimate of drug-likeness (QED) is 0.353. The van der Waals surface area contributed by atoms with Crippen molar-refractivity contribution >= 4 is 40.2 Å². The summed E-state index contributed by atoms with van der Waals surface area (Å²) in [6.07, 6.45) is 0. The molecule has 5 aromatic rings. The van der Waals surface area contributed by atoms with Crippen LogP contribution in [0.1, 0.15) is 11.3 Å². The van der Waals surface area contributed by atoms with E-state index in [1.807, 2.05) is 60.0 Å². The molecule has 2 heterocycles. The summed E-state index contributed by atoms with van der Waals surface area (Å²) in [5.41, 5.74) is 3.94. The molecule has 164 valence electrons. The third kappa shape index (κ3) is 3.79. The Morgan fingerprint density at radius 1 is 0.939 bits per heavy atom. The number of para-hydroxylation sites is 1. The minimum atomic E-state index is -1.57. The number of benzene rings is 3. The third-order valence-electron chi connectivity index (χ3n) is 5.74. The maximum Gasteiger partial charge on any atom is 0.489 e. The fourth-order valence-electron chi connectivity index (χ4n) is 4.17. The van der Waals surface area contributed by atoms with E-state index in [-0.39, 0.29) is 0 Å². The van der Waals surface area contributed by atoms with Crippen molar-refractivity contribution in [2.24, 2.45) is 0 Å². The van der Waals surface area contributed by atoms with Crippen molar-refractivity contribution < 1.29 is 14.8 Å². The zero-order chi connectivity index (χ0) is 22.9. The van der Waals surface area contributed by atoms with Gasteiger partial charge in [0.2, 0.25) is 5.95 Å². The lowest BCUT2D eigenvalue weighted by atomic mass is 9.78. The van der Waals surface area contributed by atoms with E-state index < -0.39 is 7.12 Å². The normalized spacial score (nSPS) is 11.2. The van der Waals surface area contributed by atoms with Gasteiger partial charge in [0, 0.05) is 23.0 Å². The van der Waals surface area contributed by atoms with E-state index in [0.717, 1.165) is 27.5 Å². The number of methoxy groups -OCH3 is 1. The summed E-state index contributed by atoms with van der Waals surface area (Å²) in [6, 6.07) is 23.2. The van der Waals surface area contributed by atoms with Gasteiger partial charge in [-0.15, -0.1) is 0 Å². The molecule has 0 saturated carbocycles. The van der Waals surface area contributed by atoms with E-state index >= 15 is 0 Å². The van der Waals surface area contributed by atoms with Gasteiger partial charge in [0.25, 0.3) is 0 Å². The Balaban J connectivity index is 1.71. The standard InChI is InChI=1S/C25H23BN4O3/c1-16-14-19-20(26(31)32)11-7-12-21(19)30(16)25-28-23-18(10-6-13-22(23)33-2)24(29-25)27-15-17-8-4-3-5-9-17/h3-14,31-32H,15H2,1-2H3,(H,27,28,29). The lowest BCUT2D eigenvalue weighted by Crippen LogP contribution is -2.30. The summed E-state index contributed by atoms with van der Waals surface area (Å²) < 4.78 is 7.51. The molecule has 5 rings (SSSR count). The summed E-state index contributed by atoms with van der Waals surface area (Å²) in [6.45, 7) is 2.55. The first-order chi connectivity index (χ1) is 16.1. The van der Waals surface area contributed by atoms with Gasteiger partial charge in [-0.05, 0) is 42.2 Å². The van der Waals surface area contributed by atoms with Crippen molar-refractivity contribution in [2.45, 2.75) is 13.5 Å². The Bertz CT molecular complexity index is 1450. The molecule has 0 aliphatic heterocycles. The largest absolute Gasteiger partial charge is 0.494 e. The Hall–Kier alpha value is -3.88. The van der Waals surface area contributed by atoms with Crippen LogP contribution < -0.4 is 15.5 Å². The van der Waals surface area contributed by atoms with E-state index in [2.05, 4.69) is 17.4 Å². The Labute approximate surface area is 191 Å². The molecule has 0 spiro atoms. The molecule has 0 saturated heterocycles. The summed E-state index contributed by atoms with van der Waals surface area (Å²) in [7, 11) is 0.0587. The van der Waals surface area contributed by atoms with Crippen LogP contribution in [0.5, 0.6) is 5.75 Å². The maximum atomic E-state index is 9.81. The number of aryl methyl sites for hydroxylation is 1. The highest BCUT2D eigenvalue weighted by Crippen LogP contribution is 2.31. The number of aromatic nitrogens is 3. The molecule has 33 heavy (non-hydrogen) atoms. The third-order valence-corrected chi connectivity index (χ3v) is 5.74. The van der Waals surface area contributed by atoms with E-state index in [1.54, 1.807) is 19.2 Å². The van der Waals surface area contributed by atoms with Crippen LogP contribution in [0.2, 0.25) is 0 Å². The predicted octanol–water partition coefficient (Wildman–Crippen LogP) is 3.18.